The molecule has 2 amide bonds. The second-order valence-corrected chi connectivity index (χ2v) is 11.3. The summed E-state index contributed by atoms with van der Waals surface area (Å²) in [6.45, 7) is 5.85. The van der Waals surface area contributed by atoms with E-state index < -0.39 is 57.3 Å². The number of aliphatic hydroxyl groups is 1. The molecule has 0 aromatic carbocycles. The molecule has 5 N–H and O–H groups in total. The third-order valence-corrected chi connectivity index (χ3v) is 7.27. The van der Waals surface area contributed by atoms with Crippen LogP contribution in [0.4, 0.5) is 4.79 Å². The molecule has 7 atom stereocenters. The number of hydrogen-bond donors (Lipinski definition) is 5. The van der Waals surface area contributed by atoms with E-state index in [1.54, 1.807) is 6.92 Å². The van der Waals surface area contributed by atoms with E-state index in [4.69, 9.17) is 14.0 Å². The van der Waals surface area contributed by atoms with E-state index in [9.17, 15) is 33.7 Å². The molecule has 0 spiro atoms. The van der Waals surface area contributed by atoms with E-state index >= 15 is 0 Å². The Morgan fingerprint density at radius 3 is 2.53 bits per heavy atom. The van der Waals surface area contributed by atoms with Crippen molar-refractivity contribution in [2.75, 3.05) is 19.9 Å². The molecule has 1 saturated carbocycles. The Morgan fingerprint density at radius 2 is 2.00 bits per heavy atom. The number of urea groups is 1. The largest absolute Gasteiger partial charge is 0.394 e. The number of nitrogens with one attached hydrogen (secondary N) is 1. The van der Waals surface area contributed by atoms with Gasteiger partial charge in [0.1, 0.15) is 12.2 Å². The van der Waals surface area contributed by atoms with Crippen molar-refractivity contribution in [3.05, 3.63) is 24.0 Å². The Morgan fingerprint density at radius 1 is 1.33 bits per heavy atom. The number of hydrogen-bond acceptors (Lipinski definition) is 7. The lowest BCUT2D eigenvalue weighted by molar-refractivity contribution is -0.0852. The summed E-state index contributed by atoms with van der Waals surface area (Å²) in [7, 11) is -8.46. The first-order valence-electron chi connectivity index (χ1n) is 9.22. The smallest absolute Gasteiger partial charge is 0.328 e. The van der Waals surface area contributed by atoms with Crippen LogP contribution >= 0.6 is 15.2 Å². The van der Waals surface area contributed by atoms with Crippen LogP contribution in [0, 0.1) is 5.92 Å². The molecule has 7 unspecified atom stereocenters. The van der Waals surface area contributed by atoms with Crippen molar-refractivity contribution in [2.45, 2.75) is 43.5 Å². The van der Waals surface area contributed by atoms with Gasteiger partial charge < -0.3 is 34.6 Å². The molecule has 170 valence electrons. The van der Waals surface area contributed by atoms with Gasteiger partial charge in [0.05, 0.1) is 25.0 Å². The molecular weight excluding hydrogens is 442 g/mol. The number of rotatable bonds is 8. The lowest BCUT2D eigenvalue weighted by Gasteiger charge is -2.33. The highest BCUT2D eigenvalue weighted by Gasteiger charge is 2.62. The van der Waals surface area contributed by atoms with Crippen molar-refractivity contribution in [1.82, 2.24) is 10.2 Å². The van der Waals surface area contributed by atoms with Gasteiger partial charge in [0.15, 0.2) is 6.23 Å². The van der Waals surface area contributed by atoms with Gasteiger partial charge in [-0.15, -0.1) is 0 Å². The van der Waals surface area contributed by atoms with Crippen LogP contribution in [0.15, 0.2) is 24.0 Å². The van der Waals surface area contributed by atoms with Crippen LogP contribution in [0.25, 0.3) is 0 Å². The number of allylic oxidation sites excluding steroid dienone is 1. The van der Waals surface area contributed by atoms with Gasteiger partial charge in [-0.25, -0.2) is 4.79 Å². The Hall–Kier alpha value is -1.07. The average molecular weight is 468 g/mol. The zero-order chi connectivity index (χ0) is 22.4. The summed E-state index contributed by atoms with van der Waals surface area (Å²) in [4.78, 5) is 42.5. The maximum atomic E-state index is 12.5. The van der Waals surface area contributed by atoms with Gasteiger partial charge in [-0.3, -0.25) is 18.6 Å². The summed E-state index contributed by atoms with van der Waals surface area (Å²) in [5.41, 5.74) is 0.0412. The minimum atomic E-state index is -4.40. The number of ether oxygens (including phenoxy) is 2. The number of aliphatic hydroxyl groups excluding tert-OH is 1. The number of amides is 2. The highest BCUT2D eigenvalue weighted by molar-refractivity contribution is 7.53. The van der Waals surface area contributed by atoms with E-state index in [-0.39, 0.29) is 19.6 Å². The van der Waals surface area contributed by atoms with Gasteiger partial charge in [0.25, 0.3) is 0 Å². The van der Waals surface area contributed by atoms with Crippen molar-refractivity contribution >= 4 is 21.2 Å². The molecule has 0 aromatic heterocycles. The maximum Gasteiger partial charge on any atom is 0.328 e. The molecule has 30 heavy (non-hydrogen) atoms. The summed E-state index contributed by atoms with van der Waals surface area (Å²) in [5.74, 6) is -0.652. The monoisotopic (exact) mass is 468 g/mol. The molecule has 1 aliphatic carbocycles. The first-order valence-corrected chi connectivity index (χ1v) is 12.9. The zero-order valence-corrected chi connectivity index (χ0v) is 18.2. The predicted octanol–water partition coefficient (Wildman–Crippen LogP) is 0.298. The van der Waals surface area contributed by atoms with E-state index in [0.29, 0.717) is 11.3 Å². The Bertz CT molecular complexity index is 836. The second kappa shape index (κ2) is 8.46. The quantitative estimate of drug-likeness (QED) is 0.312. The summed E-state index contributed by atoms with van der Waals surface area (Å²) >= 11 is 0. The van der Waals surface area contributed by atoms with Crippen LogP contribution < -0.4 is 5.32 Å². The van der Waals surface area contributed by atoms with Crippen LogP contribution in [0.5, 0.6) is 0 Å². The SMILES string of the molecule is C=C1NC(=O)N(C2OC(C3CC3P(=O)(O)O)C(OP(C)(=O)O)C2OCCO)C=C1C. The average Bonchev–Trinajstić information content (AvgIpc) is 3.34. The van der Waals surface area contributed by atoms with Crippen LogP contribution in [0.2, 0.25) is 0 Å². The minimum absolute atomic E-state index is 0.131. The molecule has 2 heterocycles. The first kappa shape index (κ1) is 23.6. The van der Waals surface area contributed by atoms with E-state index in [1.807, 2.05) is 0 Å². The van der Waals surface area contributed by atoms with E-state index in [1.165, 1.54) is 11.1 Å². The molecule has 0 bridgehead atoms. The van der Waals surface area contributed by atoms with Gasteiger partial charge in [-0.2, -0.15) is 0 Å². The van der Waals surface area contributed by atoms with E-state index in [0.717, 1.165) is 6.66 Å². The molecule has 3 rings (SSSR count). The highest BCUT2D eigenvalue weighted by atomic mass is 31.2. The van der Waals surface area contributed by atoms with Crippen molar-refractivity contribution in [3.8, 4) is 0 Å². The molecule has 0 aromatic rings. The second-order valence-electron chi connectivity index (χ2n) is 7.61. The van der Waals surface area contributed by atoms with Crippen LogP contribution in [-0.4, -0.2) is 80.8 Å². The molecule has 14 heteroatoms. The van der Waals surface area contributed by atoms with Crippen LogP contribution in [0.1, 0.15) is 13.3 Å². The minimum Gasteiger partial charge on any atom is -0.394 e. The Kier molecular flexibility index (Phi) is 6.65. The fraction of sp³-hybridized carbons (Fsp3) is 0.688. The van der Waals surface area contributed by atoms with Gasteiger partial charge in [-0.1, -0.05) is 6.58 Å². The Balaban J connectivity index is 1.95. The predicted molar refractivity (Wildman–Crippen MR) is 103 cm³/mol. The molecule has 0 radical (unpaired) electrons. The molecule has 2 fully saturated rings. The molecular formula is C16H26N2O10P2. The molecule has 2 aliphatic heterocycles. The summed E-state index contributed by atoms with van der Waals surface area (Å²) in [6, 6.07) is -0.585. The third kappa shape index (κ3) is 5.04. The van der Waals surface area contributed by atoms with Gasteiger partial charge in [0.2, 0.25) is 0 Å². The fourth-order valence-electron chi connectivity index (χ4n) is 3.71. The number of carbonyl (C=O) groups is 1. The van der Waals surface area contributed by atoms with E-state index in [2.05, 4.69) is 11.9 Å². The topological polar surface area (TPSA) is 175 Å². The van der Waals surface area contributed by atoms with Crippen molar-refractivity contribution < 1.29 is 47.7 Å². The third-order valence-electron chi connectivity index (χ3n) is 5.18. The van der Waals surface area contributed by atoms with Crippen molar-refractivity contribution in [1.29, 1.82) is 0 Å². The van der Waals surface area contributed by atoms with Crippen molar-refractivity contribution in [2.24, 2.45) is 5.92 Å². The summed E-state index contributed by atoms with van der Waals surface area (Å²) < 4.78 is 40.5. The Labute approximate surface area is 173 Å². The summed E-state index contributed by atoms with van der Waals surface area (Å²) in [5, 5.41) is 11.7. The number of carbonyl (C=O) groups excluding carboxylic acids is 1. The molecule has 3 aliphatic rings. The highest BCUT2D eigenvalue weighted by Crippen LogP contribution is 2.62. The summed E-state index contributed by atoms with van der Waals surface area (Å²) in [6.07, 6.45) is -2.83. The van der Waals surface area contributed by atoms with Crippen molar-refractivity contribution in [3.63, 3.8) is 0 Å². The lowest BCUT2D eigenvalue weighted by atomic mass is 10.1. The van der Waals surface area contributed by atoms with Crippen LogP contribution in [-0.2, 0) is 23.1 Å². The molecule has 12 nitrogen and oxygen atoms in total. The van der Waals surface area contributed by atoms with Crippen LogP contribution in [0.3, 0.4) is 0 Å². The van der Waals surface area contributed by atoms with Gasteiger partial charge >= 0.3 is 21.2 Å². The standard InChI is InChI=1S/C16H26N2O10P2/c1-8-7-18(16(20)17-9(8)2)15-14(26-5-4-19)13(28-29(3,21)22)12(27-15)10-6-11(10)30(23,24)25/h7,10-15,19H,2,4-6H2,1,3H3,(H,17,20)(H,21,22)(H2,23,24,25). The molecule has 1 saturated heterocycles. The number of nitrogens with zero attached hydrogens (tertiary/aromatic N) is 1. The maximum absolute atomic E-state index is 12.5. The fourth-order valence-corrected chi connectivity index (χ4v) is 5.59. The zero-order valence-electron chi connectivity index (χ0n) is 16.4. The first-order chi connectivity index (χ1) is 13.8. The lowest BCUT2D eigenvalue weighted by Crippen LogP contribution is -2.51. The normalized spacial score (nSPS) is 36.3. The van der Waals surface area contributed by atoms with Gasteiger partial charge in [-0.05, 0) is 18.9 Å². The van der Waals surface area contributed by atoms with Gasteiger partial charge in [0, 0.05) is 24.5 Å².